The number of aryl methyl sites for hydroxylation is 1. The Hall–Kier alpha value is -2.86. The van der Waals surface area contributed by atoms with Crippen molar-refractivity contribution in [1.29, 1.82) is 0 Å². The molecule has 134 valence electrons. The number of H-pyrrole nitrogens is 1. The lowest BCUT2D eigenvalue weighted by Gasteiger charge is -2.11. The molecule has 2 N–H and O–H groups in total. The summed E-state index contributed by atoms with van der Waals surface area (Å²) in [6.07, 6.45) is 5.18. The van der Waals surface area contributed by atoms with Crippen molar-refractivity contribution in [2.75, 3.05) is 11.9 Å². The molecule has 0 spiro atoms. The predicted molar refractivity (Wildman–Crippen MR) is 102 cm³/mol. The summed E-state index contributed by atoms with van der Waals surface area (Å²) in [4.78, 5) is 15.6. The summed E-state index contributed by atoms with van der Waals surface area (Å²) in [5, 5.41) is 10.3. The molecule has 26 heavy (non-hydrogen) atoms. The van der Waals surface area contributed by atoms with Crippen LogP contribution in [-0.4, -0.2) is 21.8 Å². The van der Waals surface area contributed by atoms with Gasteiger partial charge in [0.2, 0.25) is 0 Å². The second-order valence-corrected chi connectivity index (χ2v) is 6.18. The zero-order valence-electron chi connectivity index (χ0n) is 14.1. The summed E-state index contributed by atoms with van der Waals surface area (Å²) in [5.41, 5.74) is 2.47. The Morgan fingerprint density at radius 1 is 1.15 bits per heavy atom. The van der Waals surface area contributed by atoms with E-state index in [-0.39, 0.29) is 5.56 Å². The summed E-state index contributed by atoms with van der Waals surface area (Å²) in [6.45, 7) is 1.02. The number of pyridine rings is 1. The molecule has 0 fully saturated rings. The monoisotopic (exact) mass is 370 g/mol. The van der Waals surface area contributed by atoms with E-state index in [0.29, 0.717) is 24.7 Å². The summed E-state index contributed by atoms with van der Waals surface area (Å²) >= 11 is 5.88. The minimum Gasteiger partial charge on any atom is -0.475 e. The lowest BCUT2D eigenvalue weighted by molar-refractivity contribution is 0.297. The Morgan fingerprint density at radius 2 is 2.00 bits per heavy atom. The van der Waals surface area contributed by atoms with Gasteiger partial charge in [0.05, 0.1) is 6.61 Å². The van der Waals surface area contributed by atoms with E-state index < -0.39 is 0 Å². The molecule has 2 aromatic heterocycles. The number of rotatable bonds is 8. The highest BCUT2D eigenvalue weighted by molar-refractivity contribution is 6.30. The van der Waals surface area contributed by atoms with E-state index >= 15 is 0 Å². The number of nitrogens with one attached hydrogen (secondary N) is 2. The van der Waals surface area contributed by atoms with Gasteiger partial charge in [-0.3, -0.25) is 9.78 Å². The SMILES string of the molecule is O=c1cc(NCc2cccnc2)c(OCCCc2ccc(Cl)cc2)n[nH]1. The quantitative estimate of drug-likeness (QED) is 0.594. The van der Waals surface area contributed by atoms with Crippen molar-refractivity contribution < 1.29 is 4.74 Å². The molecule has 3 rings (SSSR count). The summed E-state index contributed by atoms with van der Waals surface area (Å²) < 4.78 is 5.74. The molecule has 0 amide bonds. The maximum absolute atomic E-state index is 11.6. The average molecular weight is 371 g/mol. The van der Waals surface area contributed by atoms with Crippen molar-refractivity contribution in [2.24, 2.45) is 0 Å². The van der Waals surface area contributed by atoms with Gasteiger partial charge in [-0.25, -0.2) is 5.10 Å². The fourth-order valence-corrected chi connectivity index (χ4v) is 2.55. The molecule has 0 aliphatic heterocycles. The largest absolute Gasteiger partial charge is 0.475 e. The Bertz CT molecular complexity index is 882. The number of ether oxygens (including phenoxy) is 1. The highest BCUT2D eigenvalue weighted by atomic mass is 35.5. The summed E-state index contributed by atoms with van der Waals surface area (Å²) in [5.74, 6) is 0.379. The van der Waals surface area contributed by atoms with E-state index in [2.05, 4.69) is 20.5 Å². The van der Waals surface area contributed by atoms with Crippen LogP contribution in [0.1, 0.15) is 17.5 Å². The van der Waals surface area contributed by atoms with Gasteiger partial charge in [-0.15, -0.1) is 5.10 Å². The van der Waals surface area contributed by atoms with Gasteiger partial charge >= 0.3 is 0 Å². The molecule has 1 aromatic carbocycles. The third kappa shape index (κ3) is 5.32. The average Bonchev–Trinajstić information content (AvgIpc) is 2.67. The zero-order valence-corrected chi connectivity index (χ0v) is 14.9. The van der Waals surface area contributed by atoms with Gasteiger partial charge in [-0.1, -0.05) is 29.8 Å². The van der Waals surface area contributed by atoms with Crippen molar-refractivity contribution in [3.8, 4) is 5.88 Å². The highest BCUT2D eigenvalue weighted by Gasteiger charge is 2.07. The van der Waals surface area contributed by atoms with Crippen molar-refractivity contribution in [3.63, 3.8) is 0 Å². The number of hydrogen-bond acceptors (Lipinski definition) is 5. The van der Waals surface area contributed by atoms with Crippen molar-refractivity contribution >= 4 is 17.3 Å². The first-order valence-corrected chi connectivity index (χ1v) is 8.68. The van der Waals surface area contributed by atoms with Gasteiger partial charge in [-0.2, -0.15) is 0 Å². The van der Waals surface area contributed by atoms with Crippen LogP contribution >= 0.6 is 11.6 Å². The number of aromatic amines is 1. The lowest BCUT2D eigenvalue weighted by Crippen LogP contribution is -2.13. The first-order valence-electron chi connectivity index (χ1n) is 8.30. The standard InChI is InChI=1S/C19H19ClN4O2/c20-16-7-5-14(6-8-16)4-2-10-26-19-17(11-18(25)23-24-19)22-13-15-3-1-9-21-12-15/h1,3,5-9,11-12H,2,4,10,13H2,(H2,22,23,25). The van der Waals surface area contributed by atoms with Gasteiger partial charge in [0.1, 0.15) is 5.69 Å². The molecule has 2 heterocycles. The minimum absolute atomic E-state index is 0.285. The molecule has 0 saturated carbocycles. The molecule has 6 nitrogen and oxygen atoms in total. The molecule has 7 heteroatoms. The number of hydrogen-bond donors (Lipinski definition) is 2. The normalized spacial score (nSPS) is 10.5. The minimum atomic E-state index is -0.285. The van der Waals surface area contributed by atoms with Crippen LogP contribution in [0.4, 0.5) is 5.69 Å². The Balaban J connectivity index is 1.55. The number of benzene rings is 1. The molecule has 0 saturated heterocycles. The molecule has 3 aromatic rings. The van der Waals surface area contributed by atoms with E-state index in [1.54, 1.807) is 12.4 Å². The van der Waals surface area contributed by atoms with Gasteiger partial charge in [0, 0.05) is 30.0 Å². The van der Waals surface area contributed by atoms with Crippen LogP contribution in [0.5, 0.6) is 5.88 Å². The van der Waals surface area contributed by atoms with Crippen molar-refractivity contribution in [1.82, 2.24) is 15.2 Å². The molecule has 0 radical (unpaired) electrons. The van der Waals surface area contributed by atoms with Crippen LogP contribution in [0.15, 0.2) is 59.7 Å². The molecule has 0 atom stereocenters. The summed E-state index contributed by atoms with van der Waals surface area (Å²) in [7, 11) is 0. The third-order valence-corrected chi connectivity index (χ3v) is 3.99. The first-order chi connectivity index (χ1) is 12.7. The molecule has 0 unspecified atom stereocenters. The molecule has 0 aliphatic carbocycles. The first kappa shape index (κ1) is 17.9. The second-order valence-electron chi connectivity index (χ2n) is 5.74. The molecule has 0 bridgehead atoms. The second kappa shape index (κ2) is 9.01. The maximum Gasteiger partial charge on any atom is 0.266 e. The number of anilines is 1. The zero-order chi connectivity index (χ0) is 18.2. The van der Waals surface area contributed by atoms with Crippen LogP contribution in [0, 0.1) is 0 Å². The highest BCUT2D eigenvalue weighted by Crippen LogP contribution is 2.19. The molecular formula is C19H19ClN4O2. The number of halogens is 1. The van der Waals surface area contributed by atoms with Gasteiger partial charge in [0.15, 0.2) is 0 Å². The van der Waals surface area contributed by atoms with Gasteiger partial charge in [0.25, 0.3) is 11.4 Å². The van der Waals surface area contributed by atoms with E-state index in [1.165, 1.54) is 11.6 Å². The van der Waals surface area contributed by atoms with Crippen LogP contribution in [0.2, 0.25) is 5.02 Å². The maximum atomic E-state index is 11.6. The Labute approximate surface area is 156 Å². The Morgan fingerprint density at radius 3 is 2.77 bits per heavy atom. The van der Waals surface area contributed by atoms with Crippen LogP contribution in [-0.2, 0) is 13.0 Å². The van der Waals surface area contributed by atoms with Gasteiger partial charge in [-0.05, 0) is 42.2 Å². The van der Waals surface area contributed by atoms with Crippen LogP contribution < -0.4 is 15.6 Å². The molecular weight excluding hydrogens is 352 g/mol. The Kier molecular flexibility index (Phi) is 6.22. The van der Waals surface area contributed by atoms with Crippen LogP contribution in [0.25, 0.3) is 0 Å². The number of nitrogens with zero attached hydrogens (tertiary/aromatic N) is 2. The van der Waals surface area contributed by atoms with E-state index in [1.807, 2.05) is 36.4 Å². The topological polar surface area (TPSA) is 79.9 Å². The fraction of sp³-hybridized carbons (Fsp3) is 0.211. The van der Waals surface area contributed by atoms with Gasteiger partial charge < -0.3 is 10.1 Å². The molecule has 0 aliphatic rings. The summed E-state index contributed by atoms with van der Waals surface area (Å²) in [6, 6.07) is 13.0. The van der Waals surface area contributed by atoms with E-state index in [0.717, 1.165) is 23.4 Å². The van der Waals surface area contributed by atoms with E-state index in [9.17, 15) is 4.79 Å². The van der Waals surface area contributed by atoms with Crippen molar-refractivity contribution in [2.45, 2.75) is 19.4 Å². The lowest BCUT2D eigenvalue weighted by atomic mass is 10.1. The predicted octanol–water partition coefficient (Wildman–Crippen LogP) is 3.44. The fourth-order valence-electron chi connectivity index (χ4n) is 2.42. The van der Waals surface area contributed by atoms with Crippen molar-refractivity contribution in [3.05, 3.63) is 81.4 Å². The number of aromatic nitrogens is 3. The smallest absolute Gasteiger partial charge is 0.266 e. The van der Waals surface area contributed by atoms with Crippen LogP contribution in [0.3, 0.4) is 0 Å². The van der Waals surface area contributed by atoms with E-state index in [4.69, 9.17) is 16.3 Å². The third-order valence-electron chi connectivity index (χ3n) is 3.74.